The molecule has 0 atom stereocenters. The molecule has 1 saturated heterocycles. The number of tetrazole rings is 1. The van der Waals surface area contributed by atoms with Crippen LogP contribution in [0, 0.1) is 5.92 Å². The van der Waals surface area contributed by atoms with Crippen molar-refractivity contribution in [3.05, 3.63) is 48.0 Å². The van der Waals surface area contributed by atoms with E-state index in [1.54, 1.807) is 0 Å². The molecule has 10 heteroatoms. The van der Waals surface area contributed by atoms with Crippen molar-refractivity contribution in [1.29, 1.82) is 0 Å². The summed E-state index contributed by atoms with van der Waals surface area (Å²) < 4.78 is 1.43. The van der Waals surface area contributed by atoms with Crippen LogP contribution in [0.3, 0.4) is 0 Å². The minimum Gasteiger partial charge on any atom is -0.355 e. The Balaban J connectivity index is 0.00000256. The average Bonchev–Trinajstić information content (AvgIpc) is 3.25. The molecule has 0 aliphatic carbocycles. The maximum atomic E-state index is 13.1. The first-order valence-corrected chi connectivity index (χ1v) is 10.1. The fourth-order valence-corrected chi connectivity index (χ4v) is 3.82. The highest BCUT2D eigenvalue weighted by Crippen LogP contribution is 2.23. The lowest BCUT2D eigenvalue weighted by Gasteiger charge is -2.34. The van der Waals surface area contributed by atoms with E-state index in [0.29, 0.717) is 25.3 Å². The van der Waals surface area contributed by atoms with Gasteiger partial charge in [-0.2, -0.15) is 0 Å². The second-order valence-corrected chi connectivity index (χ2v) is 7.33. The Labute approximate surface area is 181 Å². The van der Waals surface area contributed by atoms with Gasteiger partial charge >= 0.3 is 0 Å². The lowest BCUT2D eigenvalue weighted by atomic mass is 9.95. The summed E-state index contributed by atoms with van der Waals surface area (Å²) in [6, 6.07) is 14.0. The van der Waals surface area contributed by atoms with Gasteiger partial charge in [0.25, 0.3) is 0 Å². The van der Waals surface area contributed by atoms with E-state index in [0.717, 1.165) is 38.2 Å². The highest BCUT2D eigenvalue weighted by Gasteiger charge is 2.29. The fraction of sp³-hybridized carbons (Fsp3) is 0.450. The third-order valence-corrected chi connectivity index (χ3v) is 5.45. The SMILES string of the molecule is Cl.NCCN(CCc1ccccc1)C(=O)C1CCN(c2ccc3nnnn3n2)CC1. The summed E-state index contributed by atoms with van der Waals surface area (Å²) in [4.78, 5) is 17.2. The van der Waals surface area contributed by atoms with E-state index in [1.807, 2.05) is 35.2 Å². The van der Waals surface area contributed by atoms with Crippen molar-refractivity contribution in [2.24, 2.45) is 11.7 Å². The number of hydrogen-bond donors (Lipinski definition) is 1. The first-order valence-electron chi connectivity index (χ1n) is 10.1. The van der Waals surface area contributed by atoms with Gasteiger partial charge < -0.3 is 15.5 Å². The molecule has 0 unspecified atom stereocenters. The molecule has 160 valence electrons. The molecule has 2 N–H and O–H groups in total. The molecule has 1 fully saturated rings. The number of anilines is 1. The molecule has 4 rings (SSSR count). The Morgan fingerprint density at radius 1 is 1.10 bits per heavy atom. The molecule has 1 amide bonds. The molecule has 30 heavy (non-hydrogen) atoms. The summed E-state index contributed by atoms with van der Waals surface area (Å²) in [5, 5.41) is 15.8. The van der Waals surface area contributed by atoms with Gasteiger partial charge in [0.05, 0.1) is 0 Å². The van der Waals surface area contributed by atoms with Crippen LogP contribution in [0.4, 0.5) is 5.82 Å². The zero-order chi connectivity index (χ0) is 20.1. The molecule has 1 aliphatic rings. The molecular weight excluding hydrogens is 404 g/mol. The van der Waals surface area contributed by atoms with Gasteiger partial charge in [0.15, 0.2) is 11.5 Å². The smallest absolute Gasteiger partial charge is 0.225 e. The summed E-state index contributed by atoms with van der Waals surface area (Å²) in [6.07, 6.45) is 2.46. The zero-order valence-corrected chi connectivity index (χ0v) is 17.6. The van der Waals surface area contributed by atoms with Crippen molar-refractivity contribution in [2.45, 2.75) is 19.3 Å². The topological polar surface area (TPSA) is 106 Å². The molecule has 0 bridgehead atoms. The average molecular weight is 431 g/mol. The van der Waals surface area contributed by atoms with Crippen LogP contribution >= 0.6 is 12.4 Å². The van der Waals surface area contributed by atoms with E-state index in [-0.39, 0.29) is 24.2 Å². The Kier molecular flexibility index (Phi) is 7.53. The van der Waals surface area contributed by atoms with E-state index in [1.165, 1.54) is 10.2 Å². The Morgan fingerprint density at radius 3 is 2.60 bits per heavy atom. The predicted molar refractivity (Wildman–Crippen MR) is 117 cm³/mol. The van der Waals surface area contributed by atoms with Gasteiger partial charge in [0.2, 0.25) is 5.91 Å². The second kappa shape index (κ2) is 10.3. The van der Waals surface area contributed by atoms with Crippen LogP contribution in [0.1, 0.15) is 18.4 Å². The number of rotatable bonds is 7. The largest absolute Gasteiger partial charge is 0.355 e. The fourth-order valence-electron chi connectivity index (χ4n) is 3.82. The summed E-state index contributed by atoms with van der Waals surface area (Å²) in [5.74, 6) is 1.08. The summed E-state index contributed by atoms with van der Waals surface area (Å²) >= 11 is 0. The molecule has 1 aliphatic heterocycles. The lowest BCUT2D eigenvalue weighted by Crippen LogP contribution is -2.45. The summed E-state index contributed by atoms with van der Waals surface area (Å²) in [5.41, 5.74) is 7.63. The highest BCUT2D eigenvalue weighted by atomic mass is 35.5. The van der Waals surface area contributed by atoms with E-state index >= 15 is 0 Å². The number of amides is 1. The van der Waals surface area contributed by atoms with Crippen molar-refractivity contribution >= 4 is 29.8 Å². The summed E-state index contributed by atoms with van der Waals surface area (Å²) in [7, 11) is 0. The van der Waals surface area contributed by atoms with Crippen LogP contribution in [0.2, 0.25) is 0 Å². The maximum absolute atomic E-state index is 13.1. The first kappa shape index (κ1) is 21.9. The number of benzene rings is 1. The molecular formula is C20H27ClN8O. The lowest BCUT2D eigenvalue weighted by molar-refractivity contribution is -0.136. The van der Waals surface area contributed by atoms with Crippen molar-refractivity contribution in [3.63, 3.8) is 0 Å². The molecule has 3 heterocycles. The molecule has 1 aromatic carbocycles. The number of carbonyl (C=O) groups excluding carboxylic acids is 1. The van der Waals surface area contributed by atoms with Crippen LogP contribution in [-0.4, -0.2) is 68.8 Å². The predicted octanol–water partition coefficient (Wildman–Crippen LogP) is 1.19. The van der Waals surface area contributed by atoms with Crippen LogP contribution < -0.4 is 10.6 Å². The third kappa shape index (κ3) is 5.03. The molecule has 0 spiro atoms. The minimum absolute atomic E-state index is 0. The van der Waals surface area contributed by atoms with Gasteiger partial charge in [-0.1, -0.05) is 30.3 Å². The zero-order valence-electron chi connectivity index (χ0n) is 16.8. The minimum atomic E-state index is 0. The van der Waals surface area contributed by atoms with Crippen molar-refractivity contribution in [1.82, 2.24) is 30.2 Å². The number of piperidine rings is 1. The van der Waals surface area contributed by atoms with E-state index in [9.17, 15) is 4.79 Å². The molecule has 2 aromatic heterocycles. The Hall–Kier alpha value is -2.78. The second-order valence-electron chi connectivity index (χ2n) is 7.33. The van der Waals surface area contributed by atoms with Gasteiger partial charge in [0.1, 0.15) is 0 Å². The van der Waals surface area contributed by atoms with E-state index in [2.05, 4.69) is 37.7 Å². The van der Waals surface area contributed by atoms with Crippen molar-refractivity contribution in [2.75, 3.05) is 37.6 Å². The number of hydrogen-bond acceptors (Lipinski definition) is 7. The first-order chi connectivity index (χ1) is 14.2. The Bertz CT molecular complexity index is 942. The van der Waals surface area contributed by atoms with Crippen LogP contribution in [0.25, 0.3) is 5.65 Å². The number of aromatic nitrogens is 5. The van der Waals surface area contributed by atoms with Gasteiger partial charge in [-0.05, 0) is 47.4 Å². The monoisotopic (exact) mass is 430 g/mol. The molecule has 3 aromatic rings. The molecule has 9 nitrogen and oxygen atoms in total. The van der Waals surface area contributed by atoms with E-state index < -0.39 is 0 Å². The number of halogens is 1. The highest BCUT2D eigenvalue weighted by molar-refractivity contribution is 5.85. The van der Waals surface area contributed by atoms with Crippen molar-refractivity contribution < 1.29 is 4.79 Å². The molecule has 0 radical (unpaired) electrons. The number of nitrogens with zero attached hydrogens (tertiary/aromatic N) is 7. The summed E-state index contributed by atoms with van der Waals surface area (Å²) in [6.45, 7) is 3.36. The van der Waals surface area contributed by atoms with Gasteiger partial charge in [-0.25, -0.2) is 0 Å². The number of carbonyl (C=O) groups is 1. The third-order valence-electron chi connectivity index (χ3n) is 5.45. The van der Waals surface area contributed by atoms with E-state index in [4.69, 9.17) is 5.73 Å². The number of fused-ring (bicyclic) bond motifs is 1. The van der Waals surface area contributed by atoms with Crippen LogP contribution in [0.5, 0.6) is 0 Å². The van der Waals surface area contributed by atoms with Gasteiger partial charge in [0, 0.05) is 38.6 Å². The quantitative estimate of drug-likeness (QED) is 0.600. The molecule has 0 saturated carbocycles. The standard InChI is InChI=1S/C20H26N8O.ClH/c21-11-15-27(12-8-16-4-2-1-3-5-16)20(29)17-9-13-26(14-10-17)19-7-6-18-22-24-25-28(18)23-19;/h1-7,17H,8-15,21H2;1H. The maximum Gasteiger partial charge on any atom is 0.225 e. The Morgan fingerprint density at radius 2 is 1.87 bits per heavy atom. The van der Waals surface area contributed by atoms with Gasteiger partial charge in [-0.15, -0.1) is 27.2 Å². The van der Waals surface area contributed by atoms with Crippen LogP contribution in [-0.2, 0) is 11.2 Å². The number of nitrogens with two attached hydrogens (primary N) is 1. The van der Waals surface area contributed by atoms with Gasteiger partial charge in [-0.3, -0.25) is 4.79 Å². The normalized spacial score (nSPS) is 14.5. The van der Waals surface area contributed by atoms with Crippen molar-refractivity contribution in [3.8, 4) is 0 Å². The van der Waals surface area contributed by atoms with Crippen LogP contribution in [0.15, 0.2) is 42.5 Å².